The van der Waals surface area contributed by atoms with E-state index in [2.05, 4.69) is 39.8 Å². The second-order valence-corrected chi connectivity index (χ2v) is 8.25. The Kier molecular flexibility index (Phi) is 4.94. The number of aromatic hydroxyl groups is 1. The zero-order chi connectivity index (χ0) is 17.3. The second-order valence-electron chi connectivity index (χ2n) is 8.25. The van der Waals surface area contributed by atoms with Gasteiger partial charge < -0.3 is 9.84 Å². The molecule has 24 heavy (non-hydrogen) atoms. The minimum Gasteiger partial charge on any atom is -0.508 e. The highest BCUT2D eigenvalue weighted by Gasteiger charge is 2.45. The number of hydrogen-bond donors (Lipinski definition) is 1. The van der Waals surface area contributed by atoms with E-state index >= 15 is 0 Å². The quantitative estimate of drug-likeness (QED) is 0.520. The zero-order valence-corrected chi connectivity index (χ0v) is 15.7. The Labute approximate surface area is 146 Å². The summed E-state index contributed by atoms with van der Waals surface area (Å²) in [6, 6.07) is 4.17. The van der Waals surface area contributed by atoms with Crippen molar-refractivity contribution in [3.05, 3.63) is 34.9 Å². The van der Waals surface area contributed by atoms with E-state index < -0.39 is 0 Å². The van der Waals surface area contributed by atoms with Crippen molar-refractivity contribution in [2.75, 3.05) is 0 Å². The Morgan fingerprint density at radius 2 is 2.00 bits per heavy atom. The van der Waals surface area contributed by atoms with Gasteiger partial charge in [0.05, 0.1) is 0 Å². The molecule has 0 amide bonds. The van der Waals surface area contributed by atoms with Gasteiger partial charge in [-0.2, -0.15) is 0 Å². The van der Waals surface area contributed by atoms with E-state index in [0.29, 0.717) is 17.6 Å². The van der Waals surface area contributed by atoms with Crippen molar-refractivity contribution in [1.82, 2.24) is 0 Å². The SMILES string of the molecule is CCCCCCc1cc(O)c2c(c1)OC(C)(C)[C@@H]1CC=C(C)C[C@@H]21. The molecule has 0 saturated heterocycles. The van der Waals surface area contributed by atoms with E-state index in [9.17, 15) is 5.11 Å². The number of phenols is 1. The fraction of sp³-hybridized carbons (Fsp3) is 0.636. The first kappa shape index (κ1) is 17.4. The average Bonchev–Trinajstić information content (AvgIpc) is 2.50. The predicted molar refractivity (Wildman–Crippen MR) is 99.9 cm³/mol. The lowest BCUT2D eigenvalue weighted by atomic mass is 9.67. The highest BCUT2D eigenvalue weighted by molar-refractivity contribution is 5.52. The van der Waals surface area contributed by atoms with Gasteiger partial charge >= 0.3 is 0 Å². The van der Waals surface area contributed by atoms with Crippen LogP contribution in [0.4, 0.5) is 0 Å². The van der Waals surface area contributed by atoms with E-state index in [1.54, 1.807) is 0 Å². The van der Waals surface area contributed by atoms with Gasteiger partial charge in [0.25, 0.3) is 0 Å². The van der Waals surface area contributed by atoms with Gasteiger partial charge in [-0.3, -0.25) is 0 Å². The fourth-order valence-electron chi connectivity index (χ4n) is 4.52. The van der Waals surface area contributed by atoms with Gasteiger partial charge in [-0.1, -0.05) is 37.8 Å². The van der Waals surface area contributed by atoms with Crippen molar-refractivity contribution in [3.63, 3.8) is 0 Å². The second kappa shape index (κ2) is 6.82. The number of unbranched alkanes of at least 4 members (excludes halogenated alkanes) is 3. The lowest BCUT2D eigenvalue weighted by molar-refractivity contribution is 0.00753. The maximum Gasteiger partial charge on any atom is 0.127 e. The average molecular weight is 328 g/mol. The lowest BCUT2D eigenvalue weighted by Gasteiger charge is -2.47. The van der Waals surface area contributed by atoms with Crippen LogP contribution in [0, 0.1) is 5.92 Å². The third kappa shape index (κ3) is 3.34. The molecule has 132 valence electrons. The fourth-order valence-corrected chi connectivity index (χ4v) is 4.52. The summed E-state index contributed by atoms with van der Waals surface area (Å²) in [6.45, 7) is 8.84. The topological polar surface area (TPSA) is 29.5 Å². The number of aryl methyl sites for hydroxylation is 1. The molecule has 2 aliphatic rings. The van der Waals surface area contributed by atoms with Gasteiger partial charge in [0, 0.05) is 17.4 Å². The summed E-state index contributed by atoms with van der Waals surface area (Å²) in [5, 5.41) is 10.7. The van der Waals surface area contributed by atoms with E-state index in [0.717, 1.165) is 30.6 Å². The van der Waals surface area contributed by atoms with Gasteiger partial charge in [-0.05, 0) is 64.2 Å². The van der Waals surface area contributed by atoms with Gasteiger partial charge in [0.2, 0.25) is 0 Å². The molecule has 2 heteroatoms. The highest BCUT2D eigenvalue weighted by atomic mass is 16.5. The molecule has 3 rings (SSSR count). The molecular formula is C22H32O2. The van der Waals surface area contributed by atoms with Crippen LogP contribution in [0.1, 0.15) is 83.3 Å². The zero-order valence-electron chi connectivity index (χ0n) is 15.7. The van der Waals surface area contributed by atoms with Crippen molar-refractivity contribution in [1.29, 1.82) is 0 Å². The van der Waals surface area contributed by atoms with E-state index in [1.807, 2.05) is 6.07 Å². The number of fused-ring (bicyclic) bond motifs is 3. The third-order valence-corrected chi connectivity index (χ3v) is 5.88. The highest BCUT2D eigenvalue weighted by Crippen LogP contribution is 2.54. The first-order valence-electron chi connectivity index (χ1n) is 9.62. The summed E-state index contributed by atoms with van der Waals surface area (Å²) >= 11 is 0. The third-order valence-electron chi connectivity index (χ3n) is 5.88. The molecule has 0 saturated carbocycles. The molecular weight excluding hydrogens is 296 g/mol. The van der Waals surface area contributed by atoms with Gasteiger partial charge in [0.15, 0.2) is 0 Å². The number of benzene rings is 1. The molecule has 1 aromatic carbocycles. The number of rotatable bonds is 5. The first-order valence-corrected chi connectivity index (χ1v) is 9.62. The maximum atomic E-state index is 10.7. The van der Waals surface area contributed by atoms with Crippen LogP contribution in [-0.2, 0) is 6.42 Å². The van der Waals surface area contributed by atoms with E-state index in [4.69, 9.17) is 4.74 Å². The standard InChI is InChI=1S/C22H32O2/c1-5-6-7-8-9-16-13-19(23)21-17-12-15(2)10-11-18(17)22(3,4)24-20(21)14-16/h10,13-14,17-18,23H,5-9,11-12H2,1-4H3/t17-,18-/m1/s1. The Hall–Kier alpha value is -1.44. The Morgan fingerprint density at radius 1 is 1.21 bits per heavy atom. The molecule has 0 bridgehead atoms. The number of hydrogen-bond acceptors (Lipinski definition) is 2. The molecule has 0 spiro atoms. The summed E-state index contributed by atoms with van der Waals surface area (Å²) in [4.78, 5) is 0. The first-order chi connectivity index (χ1) is 11.4. The number of allylic oxidation sites excluding steroid dienone is 2. The molecule has 0 aromatic heterocycles. The summed E-state index contributed by atoms with van der Waals surface area (Å²) in [7, 11) is 0. The lowest BCUT2D eigenvalue weighted by Crippen LogP contribution is -2.45. The summed E-state index contributed by atoms with van der Waals surface area (Å²) in [5.41, 5.74) is 3.51. The summed E-state index contributed by atoms with van der Waals surface area (Å²) in [6.07, 6.45) is 10.4. The molecule has 0 fully saturated rings. The van der Waals surface area contributed by atoms with Crippen LogP contribution in [0.2, 0.25) is 0 Å². The van der Waals surface area contributed by atoms with Crippen LogP contribution in [0.15, 0.2) is 23.8 Å². The minimum atomic E-state index is -0.178. The molecule has 1 N–H and O–H groups in total. The van der Waals surface area contributed by atoms with Crippen LogP contribution in [0.25, 0.3) is 0 Å². The van der Waals surface area contributed by atoms with Crippen LogP contribution >= 0.6 is 0 Å². The van der Waals surface area contributed by atoms with Gasteiger partial charge in [0.1, 0.15) is 17.1 Å². The predicted octanol–water partition coefficient (Wildman–Crippen LogP) is 6.13. The summed E-state index contributed by atoms with van der Waals surface area (Å²) < 4.78 is 6.38. The number of ether oxygens (including phenoxy) is 1. The maximum absolute atomic E-state index is 10.7. The van der Waals surface area contributed by atoms with E-state index in [-0.39, 0.29) is 5.60 Å². The summed E-state index contributed by atoms with van der Waals surface area (Å²) in [5.74, 6) is 2.18. The Balaban J connectivity index is 1.89. The van der Waals surface area contributed by atoms with Crippen molar-refractivity contribution in [2.24, 2.45) is 5.92 Å². The Bertz CT molecular complexity index is 627. The Morgan fingerprint density at radius 3 is 2.75 bits per heavy atom. The molecule has 1 aliphatic carbocycles. The van der Waals surface area contributed by atoms with Crippen LogP contribution < -0.4 is 4.74 Å². The normalized spacial score (nSPS) is 24.6. The van der Waals surface area contributed by atoms with Gasteiger partial charge in [-0.15, -0.1) is 0 Å². The molecule has 2 atom stereocenters. The van der Waals surface area contributed by atoms with Crippen molar-refractivity contribution < 1.29 is 9.84 Å². The molecule has 0 unspecified atom stereocenters. The van der Waals surface area contributed by atoms with Gasteiger partial charge in [-0.25, -0.2) is 0 Å². The molecule has 1 aliphatic heterocycles. The van der Waals surface area contributed by atoms with Crippen molar-refractivity contribution in [3.8, 4) is 11.5 Å². The molecule has 1 heterocycles. The van der Waals surface area contributed by atoms with Crippen molar-refractivity contribution >= 4 is 0 Å². The number of phenolic OH excluding ortho intramolecular Hbond substituents is 1. The monoisotopic (exact) mass is 328 g/mol. The smallest absolute Gasteiger partial charge is 0.127 e. The molecule has 0 radical (unpaired) electrons. The van der Waals surface area contributed by atoms with Crippen LogP contribution in [0.5, 0.6) is 11.5 Å². The van der Waals surface area contributed by atoms with Crippen LogP contribution in [0.3, 0.4) is 0 Å². The largest absolute Gasteiger partial charge is 0.508 e. The minimum absolute atomic E-state index is 0.178. The van der Waals surface area contributed by atoms with Crippen LogP contribution in [-0.4, -0.2) is 10.7 Å². The van der Waals surface area contributed by atoms with E-state index in [1.165, 1.54) is 36.8 Å². The van der Waals surface area contributed by atoms with Crippen molar-refractivity contribution in [2.45, 2.75) is 84.2 Å². The molecule has 1 aromatic rings. The molecule has 2 nitrogen and oxygen atoms in total.